The SMILES string of the molecule is Cc1nc2c(N3CCN4CCCC4C3)nc3cc(F)c(C(F)(F)F)cc3n2n1. The van der Waals surface area contributed by atoms with Crippen LogP contribution in [-0.4, -0.2) is 56.7 Å². The van der Waals surface area contributed by atoms with Crippen molar-refractivity contribution in [2.24, 2.45) is 0 Å². The highest BCUT2D eigenvalue weighted by Crippen LogP contribution is 2.35. The number of aromatic nitrogens is 4. The number of hydrogen-bond acceptors (Lipinski definition) is 5. The van der Waals surface area contributed by atoms with Crippen molar-refractivity contribution in [2.45, 2.75) is 32.0 Å². The molecule has 10 heteroatoms. The molecule has 1 unspecified atom stereocenters. The third kappa shape index (κ3) is 2.69. The van der Waals surface area contributed by atoms with Crippen LogP contribution in [0, 0.1) is 12.7 Å². The Morgan fingerprint density at radius 2 is 1.93 bits per heavy atom. The third-order valence-corrected chi connectivity index (χ3v) is 5.62. The summed E-state index contributed by atoms with van der Waals surface area (Å²) >= 11 is 0. The summed E-state index contributed by atoms with van der Waals surface area (Å²) in [5, 5.41) is 4.25. The second-order valence-corrected chi connectivity index (χ2v) is 7.43. The highest BCUT2D eigenvalue weighted by molar-refractivity contribution is 5.83. The molecule has 5 rings (SSSR count). The smallest absolute Gasteiger partial charge is 0.351 e. The fourth-order valence-corrected chi connectivity index (χ4v) is 4.32. The van der Waals surface area contributed by atoms with E-state index in [2.05, 4.69) is 24.9 Å². The molecule has 4 heterocycles. The maximum Gasteiger partial charge on any atom is 0.419 e. The van der Waals surface area contributed by atoms with Crippen LogP contribution in [0.3, 0.4) is 0 Å². The van der Waals surface area contributed by atoms with E-state index in [1.54, 1.807) is 6.92 Å². The predicted octanol–water partition coefficient (Wildman–Crippen LogP) is 3.03. The van der Waals surface area contributed by atoms with E-state index in [1.165, 1.54) is 4.52 Å². The monoisotopic (exact) mass is 394 g/mol. The van der Waals surface area contributed by atoms with E-state index in [0.717, 1.165) is 51.2 Å². The molecule has 1 aromatic carbocycles. The van der Waals surface area contributed by atoms with Crippen LogP contribution in [0.25, 0.3) is 16.7 Å². The molecule has 3 aromatic rings. The van der Waals surface area contributed by atoms with Crippen molar-refractivity contribution in [3.05, 3.63) is 29.3 Å². The van der Waals surface area contributed by atoms with Crippen LogP contribution in [0.2, 0.25) is 0 Å². The molecule has 2 aliphatic heterocycles. The minimum atomic E-state index is -4.79. The molecule has 6 nitrogen and oxygen atoms in total. The van der Waals surface area contributed by atoms with Crippen molar-refractivity contribution in [1.29, 1.82) is 0 Å². The predicted molar refractivity (Wildman–Crippen MR) is 94.8 cm³/mol. The second kappa shape index (κ2) is 6.00. The Morgan fingerprint density at radius 3 is 2.71 bits per heavy atom. The largest absolute Gasteiger partial charge is 0.419 e. The van der Waals surface area contributed by atoms with Gasteiger partial charge >= 0.3 is 6.18 Å². The number of piperazine rings is 1. The average molecular weight is 394 g/mol. The molecule has 0 radical (unpaired) electrons. The van der Waals surface area contributed by atoms with Crippen molar-refractivity contribution in [3.8, 4) is 0 Å². The minimum absolute atomic E-state index is 0.0903. The van der Waals surface area contributed by atoms with Gasteiger partial charge in [-0.1, -0.05) is 0 Å². The van der Waals surface area contributed by atoms with Crippen LogP contribution in [-0.2, 0) is 6.18 Å². The Bertz CT molecular complexity index is 1080. The summed E-state index contributed by atoms with van der Waals surface area (Å²) in [7, 11) is 0. The average Bonchev–Trinajstić information content (AvgIpc) is 3.24. The zero-order chi connectivity index (χ0) is 19.6. The number of nitrogens with zero attached hydrogens (tertiary/aromatic N) is 6. The Morgan fingerprint density at radius 1 is 1.11 bits per heavy atom. The van der Waals surface area contributed by atoms with Crippen molar-refractivity contribution in [3.63, 3.8) is 0 Å². The van der Waals surface area contributed by atoms with E-state index in [0.29, 0.717) is 23.3 Å². The lowest BCUT2D eigenvalue weighted by atomic mass is 10.1. The number of alkyl halides is 3. The summed E-state index contributed by atoms with van der Waals surface area (Å²) in [6.45, 7) is 5.16. The molecule has 0 saturated carbocycles. The molecule has 0 amide bonds. The lowest BCUT2D eigenvalue weighted by Crippen LogP contribution is -2.50. The normalized spacial score (nSPS) is 21.0. The third-order valence-electron chi connectivity index (χ3n) is 5.62. The Hall–Kier alpha value is -2.49. The van der Waals surface area contributed by atoms with Crippen LogP contribution in [0.5, 0.6) is 0 Å². The van der Waals surface area contributed by atoms with E-state index in [4.69, 9.17) is 0 Å². The zero-order valence-electron chi connectivity index (χ0n) is 15.2. The number of hydrogen-bond donors (Lipinski definition) is 0. The zero-order valence-corrected chi connectivity index (χ0v) is 15.2. The molecule has 0 aliphatic carbocycles. The van der Waals surface area contributed by atoms with Crippen molar-refractivity contribution in [1.82, 2.24) is 24.5 Å². The van der Waals surface area contributed by atoms with Gasteiger partial charge in [0.15, 0.2) is 11.5 Å². The second-order valence-electron chi connectivity index (χ2n) is 7.43. The van der Waals surface area contributed by atoms with Crippen LogP contribution < -0.4 is 4.90 Å². The maximum absolute atomic E-state index is 14.1. The van der Waals surface area contributed by atoms with E-state index < -0.39 is 17.6 Å². The molecular formula is C18H18F4N6. The van der Waals surface area contributed by atoms with Crippen molar-refractivity contribution in [2.75, 3.05) is 31.1 Å². The summed E-state index contributed by atoms with van der Waals surface area (Å²) in [6.07, 6.45) is -2.53. The number of aryl methyl sites for hydroxylation is 1. The van der Waals surface area contributed by atoms with E-state index in [-0.39, 0.29) is 11.0 Å². The molecule has 2 saturated heterocycles. The molecule has 0 N–H and O–H groups in total. The molecular weight excluding hydrogens is 376 g/mol. The van der Waals surface area contributed by atoms with Crippen LogP contribution >= 0.6 is 0 Å². The van der Waals surface area contributed by atoms with Gasteiger partial charge in [0.05, 0.1) is 16.6 Å². The molecule has 1 atom stereocenters. The highest BCUT2D eigenvalue weighted by Gasteiger charge is 2.36. The molecule has 2 fully saturated rings. The Balaban J connectivity index is 1.69. The highest BCUT2D eigenvalue weighted by atomic mass is 19.4. The summed E-state index contributed by atoms with van der Waals surface area (Å²) in [4.78, 5) is 13.4. The minimum Gasteiger partial charge on any atom is -0.351 e. The fraction of sp³-hybridized carbons (Fsp3) is 0.500. The van der Waals surface area contributed by atoms with Gasteiger partial charge < -0.3 is 4.90 Å². The van der Waals surface area contributed by atoms with E-state index >= 15 is 0 Å². The lowest BCUT2D eigenvalue weighted by molar-refractivity contribution is -0.139. The van der Waals surface area contributed by atoms with Gasteiger partial charge in [-0.3, -0.25) is 4.90 Å². The summed E-state index contributed by atoms with van der Waals surface area (Å²) in [5.74, 6) is -0.373. The Kier molecular flexibility index (Phi) is 3.77. The number of benzene rings is 1. The van der Waals surface area contributed by atoms with Gasteiger partial charge in [-0.15, -0.1) is 0 Å². The molecule has 2 aromatic heterocycles. The molecule has 0 spiro atoms. The summed E-state index contributed by atoms with van der Waals surface area (Å²) in [6, 6.07) is 2.03. The maximum atomic E-state index is 14.1. The molecule has 28 heavy (non-hydrogen) atoms. The first kappa shape index (κ1) is 17.6. The van der Waals surface area contributed by atoms with Gasteiger partial charge in [-0.2, -0.15) is 18.3 Å². The van der Waals surface area contributed by atoms with Gasteiger partial charge in [0.25, 0.3) is 0 Å². The van der Waals surface area contributed by atoms with Crippen LogP contribution in [0.4, 0.5) is 23.4 Å². The molecule has 148 valence electrons. The van der Waals surface area contributed by atoms with E-state index in [9.17, 15) is 17.6 Å². The van der Waals surface area contributed by atoms with Gasteiger partial charge in [0.1, 0.15) is 11.6 Å². The van der Waals surface area contributed by atoms with Crippen molar-refractivity contribution >= 4 is 22.5 Å². The van der Waals surface area contributed by atoms with Crippen molar-refractivity contribution < 1.29 is 17.6 Å². The van der Waals surface area contributed by atoms with Crippen LogP contribution in [0.15, 0.2) is 12.1 Å². The summed E-state index contributed by atoms with van der Waals surface area (Å²) in [5.41, 5.74) is -0.709. The van der Waals surface area contributed by atoms with Gasteiger partial charge in [-0.25, -0.2) is 18.9 Å². The first-order valence-electron chi connectivity index (χ1n) is 9.24. The Labute approximate surface area is 157 Å². The number of anilines is 1. The lowest BCUT2D eigenvalue weighted by Gasteiger charge is -2.38. The fourth-order valence-electron chi connectivity index (χ4n) is 4.32. The summed E-state index contributed by atoms with van der Waals surface area (Å²) < 4.78 is 55.0. The topological polar surface area (TPSA) is 49.6 Å². The quantitative estimate of drug-likeness (QED) is 0.594. The molecule has 2 aliphatic rings. The standard InChI is InChI=1S/C18H18F4N6/c1-10-23-17-16(27-6-5-26-4-2-3-11(26)9-27)24-14-8-13(19)12(18(20,21)22)7-15(14)28(17)25-10/h7-8,11H,2-6,9H2,1H3. The van der Waals surface area contributed by atoms with Gasteiger partial charge in [0, 0.05) is 31.7 Å². The first-order chi connectivity index (χ1) is 13.3. The number of fused-ring (bicyclic) bond motifs is 4. The van der Waals surface area contributed by atoms with Crippen LogP contribution in [0.1, 0.15) is 24.2 Å². The van der Waals surface area contributed by atoms with E-state index in [1.807, 2.05) is 0 Å². The van der Waals surface area contributed by atoms with Gasteiger partial charge in [-0.05, 0) is 32.4 Å². The number of rotatable bonds is 1. The van der Waals surface area contributed by atoms with Gasteiger partial charge in [0.2, 0.25) is 0 Å². The first-order valence-corrected chi connectivity index (χ1v) is 9.24. The number of halogens is 4. The molecule has 0 bridgehead atoms.